The maximum absolute atomic E-state index is 5.52. The topological polar surface area (TPSA) is 56.4 Å². The predicted molar refractivity (Wildman–Crippen MR) is 126 cm³/mol. The average Bonchev–Trinajstić information content (AvgIpc) is 3.22. The first-order valence-corrected chi connectivity index (χ1v) is 10.1. The molecule has 31 heavy (non-hydrogen) atoms. The quantitative estimate of drug-likeness (QED) is 0.404. The molecule has 4 rings (SSSR count). The number of fused-ring (bicyclic) bond motifs is 1. The van der Waals surface area contributed by atoms with Crippen LogP contribution >= 0.6 is 0 Å². The van der Waals surface area contributed by atoms with Gasteiger partial charge in [-0.1, -0.05) is 24.3 Å². The third-order valence-electron chi connectivity index (χ3n) is 5.47. The maximum atomic E-state index is 5.52. The number of methoxy groups -OCH3 is 3. The van der Waals surface area contributed by atoms with Crippen molar-refractivity contribution in [2.75, 3.05) is 21.3 Å². The third-order valence-corrected chi connectivity index (χ3v) is 5.47. The van der Waals surface area contributed by atoms with E-state index < -0.39 is 0 Å². The van der Waals surface area contributed by atoms with Gasteiger partial charge in [0, 0.05) is 28.9 Å². The van der Waals surface area contributed by atoms with Crippen LogP contribution in [0.15, 0.2) is 54.9 Å². The number of rotatable bonds is 6. The van der Waals surface area contributed by atoms with Crippen molar-refractivity contribution < 1.29 is 14.2 Å². The van der Waals surface area contributed by atoms with Gasteiger partial charge in [0.25, 0.3) is 0 Å². The number of aromatic nitrogens is 2. The Labute approximate surface area is 182 Å². The molecule has 1 N–H and O–H groups in total. The van der Waals surface area contributed by atoms with Gasteiger partial charge in [-0.15, -0.1) is 0 Å². The summed E-state index contributed by atoms with van der Waals surface area (Å²) < 4.78 is 16.5. The predicted octanol–water partition coefficient (Wildman–Crippen LogP) is 6.26. The zero-order valence-corrected chi connectivity index (χ0v) is 18.4. The molecule has 2 heterocycles. The van der Waals surface area contributed by atoms with Crippen molar-refractivity contribution in [1.82, 2.24) is 9.97 Å². The lowest BCUT2D eigenvalue weighted by Gasteiger charge is -2.14. The van der Waals surface area contributed by atoms with Crippen LogP contribution in [-0.2, 0) is 0 Å². The van der Waals surface area contributed by atoms with Crippen LogP contribution in [0.5, 0.6) is 17.2 Å². The molecule has 0 aliphatic heterocycles. The summed E-state index contributed by atoms with van der Waals surface area (Å²) in [4.78, 5) is 7.95. The standard InChI is InChI=1S/C26H26N2O3/c1-6-7-17-10-18(9-8-16(17)2)22-15-28-26-21(22)11-20(14-27-26)19-12-23(29-3)25(31-5)24(13-19)30-4/h6-15H,1-5H3,(H,27,28)/b7-6-. The molecule has 2 aromatic carbocycles. The summed E-state index contributed by atoms with van der Waals surface area (Å²) in [6, 6.07) is 12.5. The minimum Gasteiger partial charge on any atom is -0.493 e. The molecule has 4 aromatic rings. The highest BCUT2D eigenvalue weighted by molar-refractivity contribution is 5.96. The van der Waals surface area contributed by atoms with Crippen molar-refractivity contribution in [3.63, 3.8) is 0 Å². The molecule has 158 valence electrons. The summed E-state index contributed by atoms with van der Waals surface area (Å²) in [5.41, 5.74) is 7.47. The van der Waals surface area contributed by atoms with Gasteiger partial charge in [-0.3, -0.25) is 0 Å². The Hall–Kier alpha value is -3.73. The molecule has 0 saturated carbocycles. The molecule has 0 bridgehead atoms. The van der Waals surface area contributed by atoms with Crippen molar-refractivity contribution in [1.29, 1.82) is 0 Å². The third kappa shape index (κ3) is 3.75. The highest BCUT2D eigenvalue weighted by Crippen LogP contribution is 2.42. The zero-order chi connectivity index (χ0) is 22.0. The van der Waals surface area contributed by atoms with Gasteiger partial charge >= 0.3 is 0 Å². The van der Waals surface area contributed by atoms with Gasteiger partial charge < -0.3 is 19.2 Å². The second kappa shape index (κ2) is 8.56. The Morgan fingerprint density at radius 3 is 2.26 bits per heavy atom. The molecule has 0 aliphatic carbocycles. The van der Waals surface area contributed by atoms with E-state index in [2.05, 4.69) is 53.3 Å². The van der Waals surface area contributed by atoms with Gasteiger partial charge in [0.05, 0.1) is 21.3 Å². The van der Waals surface area contributed by atoms with Gasteiger partial charge in [-0.2, -0.15) is 0 Å². The van der Waals surface area contributed by atoms with Crippen molar-refractivity contribution in [2.45, 2.75) is 13.8 Å². The zero-order valence-electron chi connectivity index (χ0n) is 18.4. The fraction of sp³-hybridized carbons (Fsp3) is 0.192. The number of allylic oxidation sites excluding steroid dienone is 1. The Balaban J connectivity index is 1.86. The Morgan fingerprint density at radius 1 is 0.871 bits per heavy atom. The van der Waals surface area contributed by atoms with Gasteiger partial charge in [0.2, 0.25) is 5.75 Å². The van der Waals surface area contributed by atoms with Crippen LogP contribution in [0.25, 0.3) is 39.4 Å². The second-order valence-corrected chi connectivity index (χ2v) is 7.31. The van der Waals surface area contributed by atoms with Crippen LogP contribution in [0.2, 0.25) is 0 Å². The van der Waals surface area contributed by atoms with Crippen LogP contribution in [0.4, 0.5) is 0 Å². The fourth-order valence-electron chi connectivity index (χ4n) is 3.81. The number of H-pyrrole nitrogens is 1. The highest BCUT2D eigenvalue weighted by atomic mass is 16.5. The normalized spacial score (nSPS) is 11.3. The van der Waals surface area contributed by atoms with Crippen molar-refractivity contribution in [3.05, 3.63) is 66.0 Å². The molecule has 2 aromatic heterocycles. The monoisotopic (exact) mass is 414 g/mol. The number of hydrogen-bond donors (Lipinski definition) is 1. The van der Waals surface area contributed by atoms with Crippen LogP contribution in [0.3, 0.4) is 0 Å². The fourth-order valence-corrected chi connectivity index (χ4v) is 3.81. The van der Waals surface area contributed by atoms with E-state index in [0.29, 0.717) is 17.2 Å². The largest absolute Gasteiger partial charge is 0.493 e. The van der Waals surface area contributed by atoms with E-state index in [1.807, 2.05) is 31.5 Å². The second-order valence-electron chi connectivity index (χ2n) is 7.31. The Kier molecular flexibility index (Phi) is 5.67. The molecule has 5 nitrogen and oxygen atoms in total. The summed E-state index contributed by atoms with van der Waals surface area (Å²) in [7, 11) is 4.84. The van der Waals surface area contributed by atoms with E-state index in [1.165, 1.54) is 11.1 Å². The summed E-state index contributed by atoms with van der Waals surface area (Å²) in [5.74, 6) is 1.79. The molecule has 0 unspecified atom stereocenters. The van der Waals surface area contributed by atoms with Crippen molar-refractivity contribution >= 4 is 17.1 Å². The Morgan fingerprint density at radius 2 is 1.61 bits per heavy atom. The summed E-state index contributed by atoms with van der Waals surface area (Å²) >= 11 is 0. The molecule has 0 saturated heterocycles. The lowest BCUT2D eigenvalue weighted by Crippen LogP contribution is -1.96. The van der Waals surface area contributed by atoms with E-state index in [-0.39, 0.29) is 0 Å². The number of nitrogens with one attached hydrogen (secondary N) is 1. The molecule has 0 amide bonds. The van der Waals surface area contributed by atoms with Crippen LogP contribution in [0.1, 0.15) is 18.1 Å². The molecular weight excluding hydrogens is 388 g/mol. The lowest BCUT2D eigenvalue weighted by atomic mass is 9.98. The number of pyridine rings is 1. The van der Waals surface area contributed by atoms with E-state index in [0.717, 1.165) is 33.3 Å². The number of aryl methyl sites for hydroxylation is 1. The minimum atomic E-state index is 0.571. The molecule has 0 atom stereocenters. The first-order valence-electron chi connectivity index (χ1n) is 10.1. The van der Waals surface area contributed by atoms with Crippen LogP contribution in [-0.4, -0.2) is 31.3 Å². The van der Waals surface area contributed by atoms with Gasteiger partial charge in [-0.25, -0.2) is 4.98 Å². The van der Waals surface area contributed by atoms with E-state index in [9.17, 15) is 0 Å². The van der Waals surface area contributed by atoms with Gasteiger partial charge in [0.15, 0.2) is 11.5 Å². The molecular formula is C26H26N2O3. The molecule has 5 heteroatoms. The van der Waals surface area contributed by atoms with E-state index >= 15 is 0 Å². The number of hydrogen-bond acceptors (Lipinski definition) is 4. The average molecular weight is 415 g/mol. The molecule has 0 spiro atoms. The first kappa shape index (κ1) is 20.5. The minimum absolute atomic E-state index is 0.571. The number of aromatic amines is 1. The first-order chi connectivity index (χ1) is 15.1. The smallest absolute Gasteiger partial charge is 0.203 e. The number of nitrogens with zero attached hydrogens (tertiary/aromatic N) is 1. The maximum Gasteiger partial charge on any atom is 0.203 e. The lowest BCUT2D eigenvalue weighted by molar-refractivity contribution is 0.324. The van der Waals surface area contributed by atoms with Gasteiger partial charge in [0.1, 0.15) is 5.65 Å². The van der Waals surface area contributed by atoms with Crippen LogP contribution in [0, 0.1) is 6.92 Å². The summed E-state index contributed by atoms with van der Waals surface area (Å²) in [5, 5.41) is 1.06. The summed E-state index contributed by atoms with van der Waals surface area (Å²) in [6.45, 7) is 4.16. The SMILES string of the molecule is C/C=C\c1cc(-c2c[nH]c3ncc(-c4cc(OC)c(OC)c(OC)c4)cc23)ccc1C. The molecule has 0 fully saturated rings. The number of benzene rings is 2. The highest BCUT2D eigenvalue weighted by Gasteiger charge is 2.16. The van der Waals surface area contributed by atoms with Crippen molar-refractivity contribution in [3.8, 4) is 39.5 Å². The molecule has 0 radical (unpaired) electrons. The van der Waals surface area contributed by atoms with E-state index in [1.54, 1.807) is 21.3 Å². The van der Waals surface area contributed by atoms with E-state index in [4.69, 9.17) is 14.2 Å². The van der Waals surface area contributed by atoms with Crippen molar-refractivity contribution in [2.24, 2.45) is 0 Å². The van der Waals surface area contributed by atoms with Gasteiger partial charge in [-0.05, 0) is 60.4 Å². The number of ether oxygens (including phenoxy) is 3. The van der Waals surface area contributed by atoms with Crippen LogP contribution < -0.4 is 14.2 Å². The Bertz CT molecular complexity index is 1250. The molecule has 0 aliphatic rings. The summed E-state index contributed by atoms with van der Waals surface area (Å²) in [6.07, 6.45) is 8.06.